The number of halogens is 3. The molecule has 2 amide bonds. The Morgan fingerprint density at radius 2 is 1.86 bits per heavy atom. The minimum atomic E-state index is -4.49. The van der Waals surface area contributed by atoms with Crippen LogP contribution in [0.15, 0.2) is 35.1 Å². The van der Waals surface area contributed by atoms with Crippen LogP contribution < -0.4 is 15.4 Å². The number of aromatic nitrogens is 5. The number of aromatic amines is 1. The summed E-state index contributed by atoms with van der Waals surface area (Å²) in [5.74, 6) is -0.886. The molecule has 3 aromatic heterocycles. The molecule has 1 aromatic carbocycles. The molecule has 0 radical (unpaired) electrons. The summed E-state index contributed by atoms with van der Waals surface area (Å²) in [6.45, 7) is 1.61. The number of methoxy groups -OCH3 is 1. The number of nitrogens with zero attached hydrogens (tertiary/aromatic N) is 4. The number of fused-ring (bicyclic) bond motifs is 1. The van der Waals surface area contributed by atoms with Gasteiger partial charge in [-0.25, -0.2) is 15.0 Å². The summed E-state index contributed by atoms with van der Waals surface area (Å²) in [7, 11) is 2.68. The molecule has 0 aliphatic rings. The molecule has 182 valence electrons. The van der Waals surface area contributed by atoms with Crippen LogP contribution in [0.5, 0.6) is 5.75 Å². The second kappa shape index (κ2) is 9.04. The van der Waals surface area contributed by atoms with E-state index in [0.717, 1.165) is 18.5 Å². The molecule has 0 bridgehead atoms. The molecule has 4 aromatic rings. The minimum Gasteiger partial charge on any atom is -0.492 e. The second-order valence-corrected chi connectivity index (χ2v) is 7.31. The molecule has 3 heterocycles. The molecule has 0 spiro atoms. The van der Waals surface area contributed by atoms with E-state index in [-0.39, 0.29) is 39.9 Å². The summed E-state index contributed by atoms with van der Waals surface area (Å²) in [5, 5.41) is 8.95. The second-order valence-electron chi connectivity index (χ2n) is 7.31. The summed E-state index contributed by atoms with van der Waals surface area (Å²) < 4.78 is 49.3. The van der Waals surface area contributed by atoms with Crippen LogP contribution in [0.3, 0.4) is 0 Å². The Labute approximate surface area is 195 Å². The average Bonchev–Trinajstić information content (AvgIpc) is 3.49. The van der Waals surface area contributed by atoms with Crippen LogP contribution in [0, 0.1) is 0 Å². The Morgan fingerprint density at radius 1 is 1.14 bits per heavy atom. The fourth-order valence-corrected chi connectivity index (χ4v) is 3.25. The highest BCUT2D eigenvalue weighted by Gasteiger charge is 2.31. The van der Waals surface area contributed by atoms with Crippen LogP contribution in [-0.4, -0.2) is 51.1 Å². The summed E-state index contributed by atoms with van der Waals surface area (Å²) in [4.78, 5) is 39.6. The third-order valence-electron chi connectivity index (χ3n) is 5.02. The maximum absolute atomic E-state index is 13.0. The van der Waals surface area contributed by atoms with Gasteiger partial charge in [-0.05, 0) is 25.1 Å². The van der Waals surface area contributed by atoms with Crippen molar-refractivity contribution < 1.29 is 32.0 Å². The van der Waals surface area contributed by atoms with Crippen LogP contribution in [-0.2, 0) is 6.18 Å². The standard InChI is InChI=1S/C21H18F3N7O4/c1-9(28-20(33)16-17(34-3)15(19(32)25-2)26-8-27-16)14-7-13(31-35-14)18-29-11-5-4-10(21(22,23)24)6-12(11)30-18/h4-9H,1-3H3,(H,25,32)(H,28,33)(H,29,30)/t9-/m1/s1. The first-order valence-corrected chi connectivity index (χ1v) is 10.1. The molecule has 0 aliphatic carbocycles. The van der Waals surface area contributed by atoms with E-state index in [0.29, 0.717) is 5.52 Å². The van der Waals surface area contributed by atoms with Gasteiger partial charge in [0.15, 0.2) is 28.7 Å². The average molecular weight is 489 g/mol. The van der Waals surface area contributed by atoms with Gasteiger partial charge in [-0.1, -0.05) is 5.16 Å². The first-order chi connectivity index (χ1) is 16.6. The van der Waals surface area contributed by atoms with E-state index in [1.54, 1.807) is 6.92 Å². The van der Waals surface area contributed by atoms with E-state index < -0.39 is 29.6 Å². The Bertz CT molecular complexity index is 1410. The molecular formula is C21H18F3N7O4. The summed E-state index contributed by atoms with van der Waals surface area (Å²) >= 11 is 0. The van der Waals surface area contributed by atoms with Crippen LogP contribution in [0.25, 0.3) is 22.6 Å². The molecule has 0 aliphatic heterocycles. The third-order valence-corrected chi connectivity index (χ3v) is 5.02. The van der Waals surface area contributed by atoms with Crippen molar-refractivity contribution in [1.82, 2.24) is 35.7 Å². The van der Waals surface area contributed by atoms with Gasteiger partial charge in [0.2, 0.25) is 0 Å². The van der Waals surface area contributed by atoms with Crippen LogP contribution >= 0.6 is 0 Å². The van der Waals surface area contributed by atoms with Crippen LogP contribution in [0.4, 0.5) is 13.2 Å². The molecule has 0 unspecified atom stereocenters. The number of amides is 2. The number of alkyl halides is 3. The summed E-state index contributed by atoms with van der Waals surface area (Å²) in [5.41, 5.74) is -0.355. The Hall–Kier alpha value is -4.49. The van der Waals surface area contributed by atoms with Crippen LogP contribution in [0.1, 0.15) is 45.3 Å². The lowest BCUT2D eigenvalue weighted by molar-refractivity contribution is -0.137. The molecule has 11 nitrogen and oxygen atoms in total. The summed E-state index contributed by atoms with van der Waals surface area (Å²) in [6, 6.07) is 3.95. The van der Waals surface area contributed by atoms with E-state index in [1.807, 2.05) is 0 Å². The highest BCUT2D eigenvalue weighted by molar-refractivity contribution is 6.01. The largest absolute Gasteiger partial charge is 0.492 e. The number of imidazole rings is 1. The monoisotopic (exact) mass is 489 g/mol. The molecule has 14 heteroatoms. The fourth-order valence-electron chi connectivity index (χ4n) is 3.25. The van der Waals surface area contributed by atoms with Gasteiger partial charge in [-0.3, -0.25) is 9.59 Å². The zero-order valence-electron chi connectivity index (χ0n) is 18.5. The SMILES string of the molecule is CNC(=O)c1ncnc(C(=O)N[C@H](C)c2cc(-c3nc4cc(C(F)(F)F)ccc4[nH]3)no2)c1OC. The molecule has 1 atom stereocenters. The summed E-state index contributed by atoms with van der Waals surface area (Å²) in [6.07, 6.45) is -3.43. The maximum atomic E-state index is 13.0. The normalized spacial score (nSPS) is 12.4. The van der Waals surface area contributed by atoms with E-state index in [9.17, 15) is 22.8 Å². The van der Waals surface area contributed by atoms with E-state index in [4.69, 9.17) is 9.26 Å². The lowest BCUT2D eigenvalue weighted by atomic mass is 10.2. The Balaban J connectivity index is 1.55. The predicted octanol–water partition coefficient (Wildman–Crippen LogP) is 2.89. The number of rotatable bonds is 6. The van der Waals surface area contributed by atoms with Gasteiger partial charge in [0, 0.05) is 13.1 Å². The number of carbonyl (C=O) groups excluding carboxylic acids is 2. The van der Waals surface area contributed by atoms with Gasteiger partial charge in [-0.2, -0.15) is 13.2 Å². The number of benzene rings is 1. The number of ether oxygens (including phenoxy) is 1. The molecule has 0 saturated heterocycles. The third kappa shape index (κ3) is 4.62. The molecule has 35 heavy (non-hydrogen) atoms. The van der Waals surface area contributed by atoms with Crippen molar-refractivity contribution in [2.24, 2.45) is 0 Å². The van der Waals surface area contributed by atoms with E-state index in [2.05, 4.69) is 35.7 Å². The van der Waals surface area contributed by atoms with Crippen molar-refractivity contribution in [2.45, 2.75) is 19.1 Å². The zero-order chi connectivity index (χ0) is 25.3. The lowest BCUT2D eigenvalue weighted by Gasteiger charge is -2.13. The van der Waals surface area contributed by atoms with Gasteiger partial charge in [-0.15, -0.1) is 0 Å². The predicted molar refractivity (Wildman–Crippen MR) is 114 cm³/mol. The Kier molecular flexibility index (Phi) is 6.11. The smallest absolute Gasteiger partial charge is 0.416 e. The first-order valence-electron chi connectivity index (χ1n) is 10.1. The van der Waals surface area contributed by atoms with Crippen molar-refractivity contribution in [3.05, 3.63) is 53.3 Å². The van der Waals surface area contributed by atoms with Crippen LogP contribution in [0.2, 0.25) is 0 Å². The number of nitrogens with one attached hydrogen (secondary N) is 3. The van der Waals surface area contributed by atoms with Crippen molar-refractivity contribution in [3.63, 3.8) is 0 Å². The highest BCUT2D eigenvalue weighted by Crippen LogP contribution is 2.32. The maximum Gasteiger partial charge on any atom is 0.416 e. The van der Waals surface area contributed by atoms with Gasteiger partial charge in [0.1, 0.15) is 12.0 Å². The number of H-pyrrole nitrogens is 1. The van der Waals surface area contributed by atoms with E-state index >= 15 is 0 Å². The fraction of sp³-hybridized carbons (Fsp3) is 0.238. The molecule has 0 fully saturated rings. The number of hydrogen-bond acceptors (Lipinski definition) is 8. The topological polar surface area (TPSA) is 148 Å². The van der Waals surface area contributed by atoms with Gasteiger partial charge >= 0.3 is 6.18 Å². The quantitative estimate of drug-likeness (QED) is 0.375. The van der Waals surface area contributed by atoms with Gasteiger partial charge in [0.05, 0.1) is 29.7 Å². The number of hydrogen-bond donors (Lipinski definition) is 3. The van der Waals surface area contributed by atoms with E-state index in [1.165, 1.54) is 26.3 Å². The lowest BCUT2D eigenvalue weighted by Crippen LogP contribution is -2.29. The molecule has 4 rings (SSSR count). The van der Waals surface area contributed by atoms with Gasteiger partial charge < -0.3 is 24.9 Å². The highest BCUT2D eigenvalue weighted by atomic mass is 19.4. The van der Waals surface area contributed by atoms with Crippen molar-refractivity contribution in [2.75, 3.05) is 14.2 Å². The van der Waals surface area contributed by atoms with Gasteiger partial charge in [0.25, 0.3) is 11.8 Å². The van der Waals surface area contributed by atoms with Crippen molar-refractivity contribution in [1.29, 1.82) is 0 Å². The minimum absolute atomic E-state index is 0.102. The van der Waals surface area contributed by atoms with Crippen molar-refractivity contribution >= 4 is 22.8 Å². The first kappa shape index (κ1) is 23.7. The zero-order valence-corrected chi connectivity index (χ0v) is 18.5. The molecule has 0 saturated carbocycles. The molecular weight excluding hydrogens is 471 g/mol. The number of carbonyl (C=O) groups is 2. The van der Waals surface area contributed by atoms with Crippen molar-refractivity contribution in [3.8, 4) is 17.3 Å². The molecule has 3 N–H and O–H groups in total. The Morgan fingerprint density at radius 3 is 2.51 bits per heavy atom.